The summed E-state index contributed by atoms with van der Waals surface area (Å²) in [7, 11) is 0. The lowest BCUT2D eigenvalue weighted by molar-refractivity contribution is -0.138. The van der Waals surface area contributed by atoms with Crippen molar-refractivity contribution in [1.82, 2.24) is 25.2 Å². The zero-order chi connectivity index (χ0) is 27.8. The second kappa shape index (κ2) is 10.3. The Labute approximate surface area is 223 Å². The van der Waals surface area contributed by atoms with Gasteiger partial charge in [0.15, 0.2) is 6.61 Å². The summed E-state index contributed by atoms with van der Waals surface area (Å²) < 4.78 is 44.8. The molecule has 2 fully saturated rings. The zero-order valence-corrected chi connectivity index (χ0v) is 21.6. The molecule has 3 heterocycles. The molecule has 2 atom stereocenters. The summed E-state index contributed by atoms with van der Waals surface area (Å²) in [5.74, 6) is 0.143. The van der Waals surface area contributed by atoms with E-state index in [9.17, 15) is 22.8 Å². The number of alkyl halides is 3. The summed E-state index contributed by atoms with van der Waals surface area (Å²) in [5.41, 5.74) is 1.23. The number of aromatic amines is 1. The van der Waals surface area contributed by atoms with Crippen LogP contribution in [0, 0.1) is 11.3 Å². The topological polar surface area (TPSA) is 91.4 Å². The summed E-state index contributed by atoms with van der Waals surface area (Å²) in [5, 5.41) is 10.7. The molecule has 2 aliphatic heterocycles. The molecule has 0 bridgehead atoms. The third-order valence-corrected chi connectivity index (χ3v) is 8.06. The molecule has 0 radical (unpaired) electrons. The Morgan fingerprint density at radius 1 is 1.15 bits per heavy atom. The van der Waals surface area contributed by atoms with Crippen LogP contribution < -0.4 is 4.74 Å². The van der Waals surface area contributed by atoms with Gasteiger partial charge in [0.25, 0.3) is 11.8 Å². The van der Waals surface area contributed by atoms with Crippen molar-refractivity contribution < 1.29 is 27.5 Å². The van der Waals surface area contributed by atoms with Gasteiger partial charge in [-0.15, -0.1) is 6.58 Å². The number of nitrogens with zero attached hydrogens (tertiary/aromatic N) is 4. The average Bonchev–Trinajstić information content (AvgIpc) is 3.51. The van der Waals surface area contributed by atoms with Gasteiger partial charge in [-0.1, -0.05) is 13.0 Å². The zero-order valence-electron chi connectivity index (χ0n) is 21.6. The Balaban J connectivity index is 1.21. The standard InChI is InChI=1S/C28H30F3N5O3/c1-3-18-13-20(28(29,30)31)6-8-24(18)39-16-25(37)35-11-9-21-15-36(17-27(21,4-2)10-12-35)26(38)19-5-7-22-23(14-19)33-34-32-22/h4-8,13-14,21H,2-3,9-12,15-17H2,1H3,(H,32,33,34)/t21-,27+/m0/s1. The Morgan fingerprint density at radius 2 is 1.95 bits per heavy atom. The first-order valence-electron chi connectivity index (χ1n) is 13.0. The number of hydrogen-bond acceptors (Lipinski definition) is 5. The minimum Gasteiger partial charge on any atom is -0.483 e. The van der Waals surface area contributed by atoms with E-state index in [0.717, 1.165) is 12.1 Å². The van der Waals surface area contributed by atoms with Gasteiger partial charge >= 0.3 is 6.18 Å². The van der Waals surface area contributed by atoms with E-state index in [2.05, 4.69) is 22.0 Å². The van der Waals surface area contributed by atoms with E-state index in [0.29, 0.717) is 67.6 Å². The number of carbonyl (C=O) groups is 2. The smallest absolute Gasteiger partial charge is 0.416 e. The molecule has 11 heteroatoms. The van der Waals surface area contributed by atoms with E-state index < -0.39 is 11.7 Å². The molecule has 1 N–H and O–H groups in total. The highest BCUT2D eigenvalue weighted by Gasteiger charge is 2.47. The number of fused-ring (bicyclic) bond motifs is 2. The van der Waals surface area contributed by atoms with Gasteiger partial charge in [0.05, 0.1) is 5.56 Å². The van der Waals surface area contributed by atoms with Crippen LogP contribution in [0.5, 0.6) is 5.75 Å². The van der Waals surface area contributed by atoms with Gasteiger partial charge in [-0.2, -0.15) is 28.6 Å². The van der Waals surface area contributed by atoms with Gasteiger partial charge in [0, 0.05) is 37.2 Å². The monoisotopic (exact) mass is 541 g/mol. The number of H-pyrrole nitrogens is 1. The van der Waals surface area contributed by atoms with Gasteiger partial charge in [-0.25, -0.2) is 0 Å². The highest BCUT2D eigenvalue weighted by atomic mass is 19.4. The normalized spacial score (nSPS) is 21.5. The molecule has 2 aromatic carbocycles. The van der Waals surface area contributed by atoms with Gasteiger partial charge in [-0.05, 0) is 67.1 Å². The average molecular weight is 542 g/mol. The number of benzene rings is 2. The molecule has 39 heavy (non-hydrogen) atoms. The van der Waals surface area contributed by atoms with Crippen molar-refractivity contribution in [2.45, 2.75) is 32.4 Å². The summed E-state index contributed by atoms with van der Waals surface area (Å²) in [6.45, 7) is 7.63. The van der Waals surface area contributed by atoms with Crippen molar-refractivity contribution in [3.8, 4) is 5.75 Å². The van der Waals surface area contributed by atoms with E-state index >= 15 is 0 Å². The molecule has 2 amide bonds. The molecule has 1 aromatic heterocycles. The molecular weight excluding hydrogens is 511 g/mol. The van der Waals surface area contributed by atoms with E-state index in [1.165, 1.54) is 6.07 Å². The number of likely N-dealkylation sites (tertiary alicyclic amines) is 2. The minimum atomic E-state index is -4.44. The van der Waals surface area contributed by atoms with Crippen LogP contribution in [-0.2, 0) is 17.4 Å². The van der Waals surface area contributed by atoms with Gasteiger partial charge < -0.3 is 14.5 Å². The second-order valence-electron chi connectivity index (χ2n) is 10.2. The minimum absolute atomic E-state index is 0.0706. The van der Waals surface area contributed by atoms with E-state index in [-0.39, 0.29) is 35.5 Å². The van der Waals surface area contributed by atoms with Crippen molar-refractivity contribution in [2.24, 2.45) is 11.3 Å². The van der Waals surface area contributed by atoms with Gasteiger partial charge in [0.2, 0.25) is 0 Å². The number of nitrogens with one attached hydrogen (secondary N) is 1. The highest BCUT2D eigenvalue weighted by molar-refractivity contribution is 5.97. The van der Waals surface area contributed by atoms with Gasteiger partial charge in [-0.3, -0.25) is 9.59 Å². The fourth-order valence-electron chi connectivity index (χ4n) is 5.72. The SMILES string of the molecule is C=C[C@]12CCN(C(=O)COc3ccc(C(F)(F)F)cc3CC)CC[C@H]1CN(C(=O)c1ccc3n[nH]nc3c1)C2. The Kier molecular flexibility index (Phi) is 7.09. The Bertz CT molecular complexity index is 1400. The molecule has 5 rings (SSSR count). The van der Waals surface area contributed by atoms with Crippen LogP contribution in [0.15, 0.2) is 49.1 Å². The maximum absolute atomic E-state index is 13.3. The number of rotatable bonds is 6. The fourth-order valence-corrected chi connectivity index (χ4v) is 5.72. The molecule has 0 aliphatic carbocycles. The predicted molar refractivity (Wildman–Crippen MR) is 138 cm³/mol. The number of carbonyl (C=O) groups excluding carboxylic acids is 2. The first kappa shape index (κ1) is 26.7. The van der Waals surface area contributed by atoms with Crippen LogP contribution >= 0.6 is 0 Å². The van der Waals surface area contributed by atoms with Crippen molar-refractivity contribution >= 4 is 22.8 Å². The van der Waals surface area contributed by atoms with Crippen LogP contribution in [0.4, 0.5) is 13.2 Å². The third-order valence-electron chi connectivity index (χ3n) is 8.06. The lowest BCUT2D eigenvalue weighted by Gasteiger charge is -2.29. The number of amides is 2. The number of aromatic nitrogens is 3. The third kappa shape index (κ3) is 5.22. The Morgan fingerprint density at radius 3 is 2.69 bits per heavy atom. The molecule has 2 aliphatic rings. The van der Waals surface area contributed by atoms with E-state index in [1.54, 1.807) is 30.0 Å². The second-order valence-corrected chi connectivity index (χ2v) is 10.2. The number of halogens is 3. The van der Waals surface area contributed by atoms with Crippen molar-refractivity contribution in [1.29, 1.82) is 0 Å². The largest absolute Gasteiger partial charge is 0.483 e. The lowest BCUT2D eigenvalue weighted by Crippen LogP contribution is -2.37. The molecule has 8 nitrogen and oxygen atoms in total. The van der Waals surface area contributed by atoms with Crippen LogP contribution in [0.25, 0.3) is 11.0 Å². The fraction of sp³-hybridized carbons (Fsp3) is 0.429. The van der Waals surface area contributed by atoms with Crippen LogP contribution in [0.3, 0.4) is 0 Å². The number of ether oxygens (including phenoxy) is 1. The highest BCUT2D eigenvalue weighted by Crippen LogP contribution is 2.44. The maximum atomic E-state index is 13.3. The summed E-state index contributed by atoms with van der Waals surface area (Å²) in [6, 6.07) is 8.57. The Hall–Kier alpha value is -3.89. The van der Waals surface area contributed by atoms with Crippen LogP contribution in [0.2, 0.25) is 0 Å². The molecular formula is C28H30F3N5O3. The summed E-state index contributed by atoms with van der Waals surface area (Å²) >= 11 is 0. The first-order chi connectivity index (χ1) is 18.6. The molecule has 0 spiro atoms. The van der Waals surface area contributed by atoms with Crippen molar-refractivity contribution in [3.05, 3.63) is 65.7 Å². The first-order valence-corrected chi connectivity index (χ1v) is 13.0. The summed E-state index contributed by atoms with van der Waals surface area (Å²) in [6.07, 6.45) is -0.813. The number of aryl methyl sites for hydroxylation is 1. The van der Waals surface area contributed by atoms with Crippen molar-refractivity contribution in [2.75, 3.05) is 32.8 Å². The molecule has 206 valence electrons. The number of hydrogen-bond donors (Lipinski definition) is 1. The maximum Gasteiger partial charge on any atom is 0.416 e. The van der Waals surface area contributed by atoms with Crippen LogP contribution in [0.1, 0.15) is 41.3 Å². The van der Waals surface area contributed by atoms with E-state index in [1.807, 2.05) is 11.0 Å². The molecule has 0 unspecified atom stereocenters. The lowest BCUT2D eigenvalue weighted by atomic mass is 9.75. The van der Waals surface area contributed by atoms with E-state index in [4.69, 9.17) is 4.74 Å². The summed E-state index contributed by atoms with van der Waals surface area (Å²) in [4.78, 5) is 29.9. The molecule has 3 aromatic rings. The predicted octanol–water partition coefficient (Wildman–Crippen LogP) is 4.48. The van der Waals surface area contributed by atoms with Crippen molar-refractivity contribution in [3.63, 3.8) is 0 Å². The van der Waals surface area contributed by atoms with Gasteiger partial charge in [0.1, 0.15) is 16.8 Å². The molecule has 0 saturated carbocycles. The molecule has 2 saturated heterocycles. The van der Waals surface area contributed by atoms with Crippen LogP contribution in [-0.4, -0.2) is 69.8 Å². The quantitative estimate of drug-likeness (QED) is 0.465.